The van der Waals surface area contributed by atoms with Gasteiger partial charge in [0.15, 0.2) is 6.61 Å². The lowest BCUT2D eigenvalue weighted by molar-refractivity contribution is -0.129. The number of benzene rings is 1. The second-order valence-electron chi connectivity index (χ2n) is 5.47. The summed E-state index contributed by atoms with van der Waals surface area (Å²) < 4.78 is 11.1. The summed E-state index contributed by atoms with van der Waals surface area (Å²) in [7, 11) is 0. The zero-order valence-electron chi connectivity index (χ0n) is 13.3. The molecule has 0 N–H and O–H groups in total. The van der Waals surface area contributed by atoms with Crippen LogP contribution >= 0.6 is 23.4 Å². The van der Waals surface area contributed by atoms with Crippen LogP contribution in [0.1, 0.15) is 25.7 Å². The number of hydrogen-bond donors (Lipinski definition) is 0. The molecule has 2 heterocycles. The first kappa shape index (κ1) is 17.1. The Morgan fingerprint density at radius 1 is 1.38 bits per heavy atom. The number of thioether (sulfide) groups is 1. The van der Waals surface area contributed by atoms with E-state index in [0.717, 1.165) is 25.9 Å². The Balaban J connectivity index is 1.53. The average Bonchev–Trinajstić information content (AvgIpc) is 3.25. The lowest BCUT2D eigenvalue weighted by Crippen LogP contribution is -2.34. The maximum absolute atomic E-state index is 12.3. The summed E-state index contributed by atoms with van der Waals surface area (Å²) in [4.78, 5) is 14.2. The van der Waals surface area contributed by atoms with Crippen LogP contribution in [0.15, 0.2) is 33.9 Å². The standard InChI is InChI=1S/C16H18ClN3O3S/c1-11(15(21)20-8-4-5-9-20)24-16-19-18-14(23-16)10-22-13-7-3-2-6-12(13)17/h2-3,6-7,11H,4-5,8-10H2,1H3. The molecule has 0 aliphatic carbocycles. The molecule has 128 valence electrons. The number of amides is 1. The van der Waals surface area contributed by atoms with E-state index in [0.29, 0.717) is 21.9 Å². The predicted molar refractivity (Wildman–Crippen MR) is 91.2 cm³/mol. The van der Waals surface area contributed by atoms with Crippen molar-refractivity contribution >= 4 is 29.3 Å². The topological polar surface area (TPSA) is 68.5 Å². The van der Waals surface area contributed by atoms with Crippen LogP contribution in [0.5, 0.6) is 5.75 Å². The van der Waals surface area contributed by atoms with Crippen LogP contribution in [-0.2, 0) is 11.4 Å². The summed E-state index contributed by atoms with van der Waals surface area (Å²) in [6, 6.07) is 7.18. The monoisotopic (exact) mass is 367 g/mol. The molecule has 1 aliphatic rings. The molecule has 6 nitrogen and oxygen atoms in total. The van der Waals surface area contributed by atoms with Gasteiger partial charge in [-0.2, -0.15) is 0 Å². The van der Waals surface area contributed by atoms with Gasteiger partial charge in [0.2, 0.25) is 5.91 Å². The average molecular weight is 368 g/mol. The number of nitrogens with zero attached hydrogens (tertiary/aromatic N) is 3. The molecule has 0 radical (unpaired) electrons. The minimum absolute atomic E-state index is 0.115. The number of aromatic nitrogens is 2. The molecule has 0 spiro atoms. The largest absolute Gasteiger partial charge is 0.482 e. The smallest absolute Gasteiger partial charge is 0.277 e. The van der Waals surface area contributed by atoms with Crippen molar-refractivity contribution in [3.05, 3.63) is 35.2 Å². The molecule has 1 aliphatic heterocycles. The highest BCUT2D eigenvalue weighted by molar-refractivity contribution is 8.00. The summed E-state index contributed by atoms with van der Waals surface area (Å²) in [5.74, 6) is 1.02. The van der Waals surface area contributed by atoms with Gasteiger partial charge in [-0.15, -0.1) is 10.2 Å². The third-order valence-electron chi connectivity index (χ3n) is 3.68. The highest BCUT2D eigenvalue weighted by Gasteiger charge is 2.25. The fourth-order valence-electron chi connectivity index (χ4n) is 2.44. The first-order valence-electron chi connectivity index (χ1n) is 7.78. The zero-order valence-corrected chi connectivity index (χ0v) is 14.8. The van der Waals surface area contributed by atoms with Gasteiger partial charge in [0.1, 0.15) is 5.75 Å². The van der Waals surface area contributed by atoms with Crippen molar-refractivity contribution < 1.29 is 13.9 Å². The Labute approximate surface area is 149 Å². The van der Waals surface area contributed by atoms with Crippen LogP contribution in [0.4, 0.5) is 0 Å². The van der Waals surface area contributed by atoms with Crippen molar-refractivity contribution in [2.45, 2.75) is 36.8 Å². The maximum Gasteiger partial charge on any atom is 0.277 e. The highest BCUT2D eigenvalue weighted by Crippen LogP contribution is 2.26. The van der Waals surface area contributed by atoms with Crippen molar-refractivity contribution in [3.63, 3.8) is 0 Å². The molecular formula is C16H18ClN3O3S. The van der Waals surface area contributed by atoms with E-state index >= 15 is 0 Å². The molecule has 1 atom stereocenters. The first-order chi connectivity index (χ1) is 11.6. The summed E-state index contributed by atoms with van der Waals surface area (Å²) in [5, 5.41) is 8.55. The van der Waals surface area contributed by atoms with Gasteiger partial charge in [-0.3, -0.25) is 4.79 Å². The molecule has 0 bridgehead atoms. The second-order valence-corrected chi connectivity index (χ2v) is 7.17. The highest BCUT2D eigenvalue weighted by atomic mass is 35.5. The Morgan fingerprint density at radius 2 is 2.12 bits per heavy atom. The van der Waals surface area contributed by atoms with Crippen molar-refractivity contribution in [2.75, 3.05) is 13.1 Å². The fraction of sp³-hybridized carbons (Fsp3) is 0.438. The van der Waals surface area contributed by atoms with Crippen LogP contribution in [0, 0.1) is 0 Å². The molecule has 2 aromatic rings. The number of para-hydroxylation sites is 1. The number of carbonyl (C=O) groups is 1. The van der Waals surface area contributed by atoms with E-state index in [1.807, 2.05) is 24.0 Å². The van der Waals surface area contributed by atoms with Gasteiger partial charge in [0.25, 0.3) is 11.1 Å². The van der Waals surface area contributed by atoms with E-state index in [4.69, 9.17) is 20.8 Å². The maximum atomic E-state index is 12.3. The number of likely N-dealkylation sites (tertiary alicyclic amines) is 1. The minimum atomic E-state index is -0.249. The molecule has 1 aromatic heterocycles. The van der Waals surface area contributed by atoms with Gasteiger partial charge >= 0.3 is 0 Å². The SMILES string of the molecule is CC(Sc1nnc(COc2ccccc2Cl)o1)C(=O)N1CCCC1. The van der Waals surface area contributed by atoms with Gasteiger partial charge < -0.3 is 14.1 Å². The molecule has 0 saturated carbocycles. The summed E-state index contributed by atoms with van der Waals surface area (Å²) in [5.41, 5.74) is 0. The molecule has 1 unspecified atom stereocenters. The summed E-state index contributed by atoms with van der Waals surface area (Å²) in [6.07, 6.45) is 2.15. The molecule has 1 amide bonds. The summed E-state index contributed by atoms with van der Waals surface area (Å²) >= 11 is 7.29. The van der Waals surface area contributed by atoms with Gasteiger partial charge in [-0.1, -0.05) is 35.5 Å². The van der Waals surface area contributed by atoms with E-state index in [1.165, 1.54) is 11.8 Å². The lowest BCUT2D eigenvalue weighted by atomic mass is 10.3. The quantitative estimate of drug-likeness (QED) is 0.729. The van der Waals surface area contributed by atoms with Crippen LogP contribution in [0.3, 0.4) is 0 Å². The Kier molecular flexibility index (Phi) is 5.63. The third-order valence-corrected chi connectivity index (χ3v) is 4.91. The number of ether oxygens (including phenoxy) is 1. The van der Waals surface area contributed by atoms with E-state index in [2.05, 4.69) is 10.2 Å². The van der Waals surface area contributed by atoms with Crippen LogP contribution < -0.4 is 4.74 Å². The van der Waals surface area contributed by atoms with Crippen LogP contribution in [-0.4, -0.2) is 39.3 Å². The number of rotatable bonds is 6. The van der Waals surface area contributed by atoms with Crippen LogP contribution in [0.2, 0.25) is 5.02 Å². The minimum Gasteiger partial charge on any atom is -0.482 e. The van der Waals surface area contributed by atoms with Crippen LogP contribution in [0.25, 0.3) is 0 Å². The van der Waals surface area contributed by atoms with E-state index in [-0.39, 0.29) is 17.8 Å². The first-order valence-corrected chi connectivity index (χ1v) is 9.04. The van der Waals surface area contributed by atoms with E-state index in [9.17, 15) is 4.79 Å². The van der Waals surface area contributed by atoms with E-state index in [1.54, 1.807) is 12.1 Å². The number of halogens is 1. The molecule has 3 rings (SSSR count). The van der Waals surface area contributed by atoms with E-state index < -0.39 is 0 Å². The molecule has 1 saturated heterocycles. The Hall–Kier alpha value is -1.73. The molecule has 8 heteroatoms. The Morgan fingerprint density at radius 3 is 2.88 bits per heavy atom. The predicted octanol–water partition coefficient (Wildman–Crippen LogP) is 3.41. The molecule has 1 fully saturated rings. The second kappa shape index (κ2) is 7.90. The normalized spacial score (nSPS) is 15.5. The molecule has 1 aromatic carbocycles. The van der Waals surface area contributed by atoms with Gasteiger partial charge in [-0.05, 0) is 31.9 Å². The molecular weight excluding hydrogens is 350 g/mol. The third kappa shape index (κ3) is 4.21. The van der Waals surface area contributed by atoms with Crippen molar-refractivity contribution in [3.8, 4) is 5.75 Å². The Bertz CT molecular complexity index is 703. The zero-order chi connectivity index (χ0) is 16.9. The van der Waals surface area contributed by atoms with Gasteiger partial charge in [-0.25, -0.2) is 0 Å². The van der Waals surface area contributed by atoms with Crippen molar-refractivity contribution in [1.82, 2.24) is 15.1 Å². The van der Waals surface area contributed by atoms with Crippen molar-refractivity contribution in [2.24, 2.45) is 0 Å². The molecule has 24 heavy (non-hydrogen) atoms. The van der Waals surface area contributed by atoms with Crippen molar-refractivity contribution in [1.29, 1.82) is 0 Å². The van der Waals surface area contributed by atoms with Gasteiger partial charge in [0.05, 0.1) is 10.3 Å². The van der Waals surface area contributed by atoms with Gasteiger partial charge in [0, 0.05) is 13.1 Å². The summed E-state index contributed by atoms with van der Waals surface area (Å²) in [6.45, 7) is 3.66. The number of carbonyl (C=O) groups excluding carboxylic acids is 1. The fourth-order valence-corrected chi connectivity index (χ4v) is 3.42. The number of hydrogen-bond acceptors (Lipinski definition) is 6. The lowest BCUT2D eigenvalue weighted by Gasteiger charge is -2.18.